The van der Waals surface area contributed by atoms with Crippen LogP contribution >= 0.6 is 0 Å². The molecule has 1 fully saturated rings. The van der Waals surface area contributed by atoms with Crippen molar-refractivity contribution in [1.29, 1.82) is 0 Å². The van der Waals surface area contributed by atoms with E-state index in [2.05, 4.69) is 4.90 Å². The molecule has 1 N–H and O–H groups in total. The zero-order chi connectivity index (χ0) is 20.9. The largest absolute Gasteiger partial charge is 0.495 e. The van der Waals surface area contributed by atoms with Crippen molar-refractivity contribution in [1.82, 2.24) is 4.90 Å². The van der Waals surface area contributed by atoms with E-state index in [9.17, 15) is 13.5 Å². The number of sulfonamides is 1. The fourth-order valence-electron chi connectivity index (χ4n) is 3.33. The number of aliphatic hydroxyl groups is 1. The summed E-state index contributed by atoms with van der Waals surface area (Å²) < 4.78 is 38.9. The summed E-state index contributed by atoms with van der Waals surface area (Å²) in [6.45, 7) is 4.87. The lowest BCUT2D eigenvalue weighted by molar-refractivity contribution is 0.0166. The van der Waals surface area contributed by atoms with Crippen molar-refractivity contribution in [3.63, 3.8) is 0 Å². The summed E-state index contributed by atoms with van der Waals surface area (Å²) in [4.78, 5) is 2.25. The van der Waals surface area contributed by atoms with Gasteiger partial charge in [0.15, 0.2) is 0 Å². The average Bonchev–Trinajstić information content (AvgIpc) is 2.73. The Bertz CT molecular complexity index is 896. The minimum absolute atomic E-state index is 0.0755. The molecular formula is C21H28N2O5S. The Kier molecular flexibility index (Phi) is 7.13. The second kappa shape index (κ2) is 9.58. The smallest absolute Gasteiger partial charge is 0.264 e. The van der Waals surface area contributed by atoms with Crippen LogP contribution in [0.4, 0.5) is 5.69 Å². The summed E-state index contributed by atoms with van der Waals surface area (Å²) in [5.74, 6) is 0.432. The first kappa shape index (κ1) is 21.6. The topological polar surface area (TPSA) is 79.3 Å². The van der Waals surface area contributed by atoms with Gasteiger partial charge in [-0.25, -0.2) is 8.42 Å². The van der Waals surface area contributed by atoms with E-state index in [-0.39, 0.29) is 11.4 Å². The number of rotatable bonds is 8. The van der Waals surface area contributed by atoms with Gasteiger partial charge in [0.05, 0.1) is 43.6 Å². The molecule has 0 spiro atoms. The molecule has 1 aliphatic rings. The molecule has 3 rings (SSSR count). The maximum atomic E-state index is 13.5. The van der Waals surface area contributed by atoms with Crippen molar-refractivity contribution in [3.05, 3.63) is 54.1 Å². The maximum Gasteiger partial charge on any atom is 0.264 e. The third-order valence-corrected chi connectivity index (χ3v) is 6.71. The van der Waals surface area contributed by atoms with Gasteiger partial charge in [0.25, 0.3) is 10.0 Å². The van der Waals surface area contributed by atoms with Crippen LogP contribution in [0, 0.1) is 6.92 Å². The highest BCUT2D eigenvalue weighted by atomic mass is 32.2. The van der Waals surface area contributed by atoms with Crippen LogP contribution in [0.3, 0.4) is 0 Å². The van der Waals surface area contributed by atoms with Crippen molar-refractivity contribution in [2.75, 3.05) is 50.8 Å². The Labute approximate surface area is 172 Å². The number of hydrogen-bond donors (Lipinski definition) is 1. The highest BCUT2D eigenvalue weighted by Crippen LogP contribution is 2.32. The van der Waals surface area contributed by atoms with E-state index in [1.165, 1.54) is 11.4 Å². The number of methoxy groups -OCH3 is 1. The first-order valence-electron chi connectivity index (χ1n) is 9.62. The summed E-state index contributed by atoms with van der Waals surface area (Å²) in [6, 6.07) is 13.6. The van der Waals surface area contributed by atoms with Crippen molar-refractivity contribution in [2.45, 2.75) is 17.9 Å². The Morgan fingerprint density at radius 2 is 1.79 bits per heavy atom. The molecule has 1 saturated heterocycles. The predicted octanol–water partition coefficient (Wildman–Crippen LogP) is 1.89. The molecule has 1 aliphatic heterocycles. The van der Waals surface area contributed by atoms with Crippen LogP contribution in [0.25, 0.3) is 0 Å². The second-order valence-electron chi connectivity index (χ2n) is 7.09. The number of ether oxygens (including phenoxy) is 2. The molecule has 29 heavy (non-hydrogen) atoms. The van der Waals surface area contributed by atoms with Gasteiger partial charge >= 0.3 is 0 Å². The van der Waals surface area contributed by atoms with E-state index in [1.54, 1.807) is 48.5 Å². The van der Waals surface area contributed by atoms with Gasteiger partial charge in [-0.15, -0.1) is 0 Å². The van der Waals surface area contributed by atoms with Gasteiger partial charge in [-0.2, -0.15) is 0 Å². The molecule has 0 aliphatic carbocycles. The number of aliphatic hydroxyl groups excluding tert-OH is 1. The van der Waals surface area contributed by atoms with Crippen molar-refractivity contribution >= 4 is 15.7 Å². The standard InChI is InChI=1S/C21H28N2O5S/c1-17-7-9-19(10-8-17)29(25,26)23(20-5-3-4-6-21(20)27-2)16-18(24)15-22-11-13-28-14-12-22/h3-10,18,24H,11-16H2,1-2H3/t18-/m1/s1. The van der Waals surface area contributed by atoms with Crippen LogP contribution in [-0.4, -0.2) is 71.0 Å². The van der Waals surface area contributed by atoms with E-state index in [0.717, 1.165) is 18.7 Å². The van der Waals surface area contributed by atoms with Gasteiger partial charge < -0.3 is 14.6 Å². The highest BCUT2D eigenvalue weighted by Gasteiger charge is 2.30. The molecule has 7 nitrogen and oxygen atoms in total. The number of nitrogens with zero attached hydrogens (tertiary/aromatic N) is 2. The fourth-order valence-corrected chi connectivity index (χ4v) is 4.84. The van der Waals surface area contributed by atoms with Crippen LogP contribution in [-0.2, 0) is 14.8 Å². The minimum Gasteiger partial charge on any atom is -0.495 e. The zero-order valence-corrected chi connectivity index (χ0v) is 17.6. The van der Waals surface area contributed by atoms with Crippen molar-refractivity contribution in [2.24, 2.45) is 0 Å². The first-order valence-corrected chi connectivity index (χ1v) is 11.1. The number of aryl methyl sites for hydroxylation is 1. The van der Waals surface area contributed by atoms with Gasteiger partial charge in [-0.05, 0) is 31.2 Å². The molecule has 8 heteroatoms. The van der Waals surface area contributed by atoms with Gasteiger partial charge in [0.2, 0.25) is 0 Å². The molecule has 0 bridgehead atoms. The lowest BCUT2D eigenvalue weighted by atomic mass is 10.2. The Morgan fingerprint density at radius 1 is 1.14 bits per heavy atom. The molecule has 0 saturated carbocycles. The monoisotopic (exact) mass is 420 g/mol. The quantitative estimate of drug-likeness (QED) is 0.703. The number of para-hydroxylation sites is 2. The van der Waals surface area contributed by atoms with E-state index >= 15 is 0 Å². The van der Waals surface area contributed by atoms with Crippen LogP contribution in [0.1, 0.15) is 5.56 Å². The normalized spacial score (nSPS) is 16.4. The maximum absolute atomic E-state index is 13.5. The van der Waals surface area contributed by atoms with E-state index < -0.39 is 16.1 Å². The third-order valence-electron chi connectivity index (χ3n) is 4.91. The number of morpholine rings is 1. The van der Waals surface area contributed by atoms with E-state index in [1.807, 2.05) is 6.92 Å². The zero-order valence-electron chi connectivity index (χ0n) is 16.8. The molecule has 0 unspecified atom stereocenters. The predicted molar refractivity (Wildman–Crippen MR) is 112 cm³/mol. The molecule has 0 radical (unpaired) electrons. The first-order chi connectivity index (χ1) is 13.9. The number of hydrogen-bond acceptors (Lipinski definition) is 6. The van der Waals surface area contributed by atoms with Gasteiger partial charge in [0.1, 0.15) is 5.75 Å². The number of anilines is 1. The van der Waals surface area contributed by atoms with Crippen LogP contribution < -0.4 is 9.04 Å². The summed E-state index contributed by atoms with van der Waals surface area (Å²) in [7, 11) is -2.39. The molecule has 2 aromatic rings. The molecule has 158 valence electrons. The SMILES string of the molecule is COc1ccccc1N(C[C@H](O)CN1CCOCC1)S(=O)(=O)c1ccc(C)cc1. The molecular weight excluding hydrogens is 392 g/mol. The molecule has 2 aromatic carbocycles. The second-order valence-corrected chi connectivity index (χ2v) is 8.95. The summed E-state index contributed by atoms with van der Waals surface area (Å²) in [6.07, 6.45) is -0.863. The molecule has 0 aromatic heterocycles. The fraction of sp³-hybridized carbons (Fsp3) is 0.429. The molecule has 1 atom stereocenters. The van der Waals surface area contributed by atoms with Gasteiger partial charge in [-0.1, -0.05) is 29.8 Å². The van der Waals surface area contributed by atoms with E-state index in [4.69, 9.17) is 9.47 Å². The Hall–Kier alpha value is -2.13. The van der Waals surface area contributed by atoms with Crippen molar-refractivity contribution < 1.29 is 23.0 Å². The van der Waals surface area contributed by atoms with Crippen LogP contribution in [0.5, 0.6) is 5.75 Å². The van der Waals surface area contributed by atoms with Crippen molar-refractivity contribution in [3.8, 4) is 5.75 Å². The van der Waals surface area contributed by atoms with Crippen LogP contribution in [0.2, 0.25) is 0 Å². The lowest BCUT2D eigenvalue weighted by Crippen LogP contribution is -2.46. The Balaban J connectivity index is 1.92. The summed E-state index contributed by atoms with van der Waals surface area (Å²) in [5, 5.41) is 10.7. The van der Waals surface area contributed by atoms with Gasteiger partial charge in [0, 0.05) is 19.6 Å². The highest BCUT2D eigenvalue weighted by molar-refractivity contribution is 7.92. The summed E-state index contributed by atoms with van der Waals surface area (Å²) >= 11 is 0. The van der Waals surface area contributed by atoms with Crippen LogP contribution in [0.15, 0.2) is 53.4 Å². The molecule has 0 amide bonds. The minimum atomic E-state index is -3.89. The summed E-state index contributed by atoms with van der Waals surface area (Å²) in [5.41, 5.74) is 1.37. The third kappa shape index (κ3) is 5.27. The van der Waals surface area contributed by atoms with E-state index in [0.29, 0.717) is 31.2 Å². The number of benzene rings is 2. The average molecular weight is 421 g/mol. The Morgan fingerprint density at radius 3 is 2.45 bits per heavy atom. The molecule has 1 heterocycles. The lowest BCUT2D eigenvalue weighted by Gasteiger charge is -2.32. The van der Waals surface area contributed by atoms with Gasteiger partial charge in [-0.3, -0.25) is 9.21 Å². The number of β-amino-alcohol motifs (C(OH)–C–C–N with tert-alkyl or cyclic N) is 1.